The topological polar surface area (TPSA) is 82.3 Å². The van der Waals surface area contributed by atoms with Crippen LogP contribution in [0.4, 0.5) is 0 Å². The molecule has 23 rings (SSSR count). The van der Waals surface area contributed by atoms with Gasteiger partial charge in [0.05, 0.1) is 32.3 Å². The summed E-state index contributed by atoms with van der Waals surface area (Å²) in [6.45, 7) is 29.7. The van der Waals surface area contributed by atoms with E-state index in [0.717, 1.165) is 74.1 Å². The minimum Gasteiger partial charge on any atom is -0.381 e. The van der Waals surface area contributed by atoms with Gasteiger partial charge in [0.1, 0.15) is 8.07 Å². The minimum atomic E-state index is -2.49. The summed E-state index contributed by atoms with van der Waals surface area (Å²) in [7, 11) is -8.95. The van der Waals surface area contributed by atoms with Gasteiger partial charge in [0.2, 0.25) is 0 Å². The molecule has 0 amide bonds. The SMILES string of the molecule is CCn1c2c[c-]c(-c3cc([Si](C)(C)C)c(-c4ccccc4)cn3)cc2c2ccccc21.C[Si](C)(C)c1cc(-c2[c-]cc3c(c2)-c2ccccc2[Si]3(C)C)ncc1-c1ccccc1.C[Si](C)(C)c1cc(-c2[c-]cc3c(c2)-c2ccccc2[Si]3(c2ccccc2)c2ccccc2)ncc1-c1ccccc1.[Ir].[Ir].[Ir].[c-]1ccccc1-c1ccccn1.[c-]1ccccc1-c1ccccn1.[c-]1ccccc1-c1ccccn1. The van der Waals surface area contributed by atoms with Gasteiger partial charge in [0.25, 0.3) is 0 Å². The number of pyridine rings is 6. The molecule has 0 fully saturated rings. The monoisotopic (exact) mass is 2450 g/mol. The summed E-state index contributed by atoms with van der Waals surface area (Å²) in [4.78, 5) is 27.5. The number of benzene rings is 14. The van der Waals surface area contributed by atoms with Crippen LogP contribution in [-0.2, 0) is 66.9 Å². The van der Waals surface area contributed by atoms with Crippen LogP contribution in [0.1, 0.15) is 6.92 Å². The standard InChI is InChI=1S/C38H32NSi2.C28H27N2Si.C28H28NSi2.3C11H8N.3Ir/c1-40(2,3)38-26-35(39-27-34(38)28-15-7-4-8-16-28)29-23-24-37-33(25-29)32-21-13-14-22-36(32)41(37,30-17-9-5-10-18-30)31-19-11-6-12-20-31;1-5-30-26-14-10-9-13-22(26)23-17-21(15-16-27(23)30)25-18-28(31(2,3)4)24(19-29-25)20-11-7-6-8-12-20;1-30(2,3)28-18-25(29-19-24(28)20-11-7-6-8-12-20)21-15-16-27-23(17-21)22-13-9-10-14-26(22)31(27,4)5;3*1-2-6-10(7-3-1)11-8-4-5-9-12-11;;;/h4-22,24-27H,1-3H3;6-14,16-19H,5H2,1-4H3;6-14,16-19H,1-5H3;3*1-6,8-9H;;;/q6*-1;;;. The maximum Gasteiger partial charge on any atom is 0.136 e. The fourth-order valence-corrected chi connectivity index (χ4v) is 32.1. The molecule has 7 nitrogen and oxygen atoms in total. The van der Waals surface area contributed by atoms with E-state index in [9.17, 15) is 0 Å². The Morgan fingerprint density at radius 3 is 0.965 bits per heavy atom. The van der Waals surface area contributed by atoms with Gasteiger partial charge in [-0.05, 0) is 126 Å². The Balaban J connectivity index is 0.000000136. The van der Waals surface area contributed by atoms with Gasteiger partial charge in [0.15, 0.2) is 0 Å². The average Bonchev–Trinajstić information content (AvgIpc) is 1.53. The summed E-state index contributed by atoms with van der Waals surface area (Å²) in [5, 5.41) is 15.6. The zero-order valence-electron chi connectivity index (χ0n) is 82.0. The molecule has 21 aromatic rings. The number of hydrogen-bond acceptors (Lipinski definition) is 6. The molecular weight excluding hydrogens is 2340 g/mol. The number of fused-ring (bicyclic) bond motifs is 9. The summed E-state index contributed by atoms with van der Waals surface area (Å²) in [6.07, 6.45) is 11.6. The number of aryl methyl sites for hydroxylation is 1. The summed E-state index contributed by atoms with van der Waals surface area (Å²) in [5.74, 6) is 0. The van der Waals surface area contributed by atoms with E-state index in [1.807, 2.05) is 127 Å². The van der Waals surface area contributed by atoms with Crippen LogP contribution in [-0.4, -0.2) is 74.8 Å². The van der Waals surface area contributed by atoms with Crippen LogP contribution in [0.25, 0.3) is 145 Å². The molecule has 7 aromatic heterocycles. The number of hydrogen-bond donors (Lipinski definition) is 0. The molecule has 3 radical (unpaired) electrons. The van der Waals surface area contributed by atoms with E-state index in [-0.39, 0.29) is 60.3 Å². The van der Waals surface area contributed by atoms with Crippen molar-refractivity contribution in [1.82, 2.24) is 34.5 Å². The van der Waals surface area contributed by atoms with Crippen molar-refractivity contribution in [1.29, 1.82) is 0 Å². The summed E-state index contributed by atoms with van der Waals surface area (Å²) in [6, 6.07) is 163. The molecule has 9 heterocycles. The van der Waals surface area contributed by atoms with Crippen LogP contribution in [0.5, 0.6) is 0 Å². The van der Waals surface area contributed by atoms with Crippen LogP contribution < -0.4 is 46.7 Å². The van der Waals surface area contributed by atoms with Gasteiger partial charge in [-0.3, -0.25) is 0 Å². The van der Waals surface area contributed by atoms with Crippen molar-refractivity contribution in [3.63, 3.8) is 0 Å². The number of rotatable bonds is 15. The van der Waals surface area contributed by atoms with E-state index < -0.39 is 40.4 Å². The molecule has 142 heavy (non-hydrogen) atoms. The van der Waals surface area contributed by atoms with Crippen LogP contribution in [0, 0.1) is 36.4 Å². The molecule has 0 bridgehead atoms. The minimum absolute atomic E-state index is 0. The Morgan fingerprint density at radius 1 is 0.254 bits per heavy atom. The van der Waals surface area contributed by atoms with E-state index in [2.05, 4.69) is 433 Å². The predicted octanol–water partition coefficient (Wildman–Crippen LogP) is 26.2. The first-order valence-corrected chi connectivity index (χ1v) is 63.3. The van der Waals surface area contributed by atoms with Crippen molar-refractivity contribution in [3.05, 3.63) is 480 Å². The van der Waals surface area contributed by atoms with E-state index >= 15 is 0 Å². The van der Waals surface area contributed by atoms with Gasteiger partial charge < -0.3 is 34.5 Å². The van der Waals surface area contributed by atoms with Crippen LogP contribution in [0.15, 0.2) is 444 Å². The van der Waals surface area contributed by atoms with Gasteiger partial charge in [-0.15, -0.1) is 189 Å². The van der Waals surface area contributed by atoms with Crippen LogP contribution in [0.2, 0.25) is 72.0 Å². The maximum absolute atomic E-state index is 5.04. The van der Waals surface area contributed by atoms with Crippen molar-refractivity contribution in [2.45, 2.75) is 85.5 Å². The van der Waals surface area contributed by atoms with Crippen molar-refractivity contribution in [2.24, 2.45) is 0 Å². The third-order valence-electron chi connectivity index (χ3n) is 26.1. The largest absolute Gasteiger partial charge is 0.381 e. The second-order valence-corrected chi connectivity index (χ2v) is 61.8. The molecule has 0 saturated heterocycles. The summed E-state index contributed by atoms with van der Waals surface area (Å²) >= 11 is 0. The van der Waals surface area contributed by atoms with Gasteiger partial charge in [-0.25, -0.2) is 0 Å². The molecular formula is C127H111Ir3N7Si5-6. The molecule has 0 N–H and O–H groups in total. The Bertz CT molecular complexity index is 7450. The normalized spacial score (nSPS) is 12.1. The van der Waals surface area contributed by atoms with Gasteiger partial charge >= 0.3 is 0 Å². The third-order valence-corrected chi connectivity index (χ3v) is 40.6. The van der Waals surface area contributed by atoms with E-state index in [0.29, 0.717) is 0 Å². The molecule has 2 aliphatic rings. The Labute approximate surface area is 884 Å². The number of para-hydroxylation sites is 1. The Morgan fingerprint density at radius 2 is 0.585 bits per heavy atom. The molecule has 0 aliphatic carbocycles. The van der Waals surface area contributed by atoms with Crippen LogP contribution in [0.3, 0.4) is 0 Å². The summed E-state index contributed by atoms with van der Waals surface area (Å²) in [5.41, 5.74) is 27.7. The van der Waals surface area contributed by atoms with E-state index in [1.165, 1.54) is 124 Å². The molecule has 2 aliphatic heterocycles. The van der Waals surface area contributed by atoms with Crippen molar-refractivity contribution in [2.75, 3.05) is 0 Å². The van der Waals surface area contributed by atoms with E-state index in [1.54, 1.807) is 18.6 Å². The maximum atomic E-state index is 5.04. The molecule has 707 valence electrons. The number of aromatic nitrogens is 7. The van der Waals surface area contributed by atoms with Gasteiger partial charge in [-0.2, -0.15) is 0 Å². The first kappa shape index (κ1) is 103. The molecule has 0 saturated carbocycles. The second-order valence-electron chi connectivity index (χ2n) is 38.6. The van der Waals surface area contributed by atoms with Crippen molar-refractivity contribution in [3.8, 4) is 123 Å². The fraction of sp³-hybridized carbons (Fsp3) is 0.102. The van der Waals surface area contributed by atoms with Crippen molar-refractivity contribution >= 4 is 109 Å². The zero-order valence-corrected chi connectivity index (χ0v) is 94.2. The average molecular weight is 2450 g/mol. The Kier molecular flexibility index (Phi) is 33.6. The Hall–Kier alpha value is -13.2. The predicted molar refractivity (Wildman–Crippen MR) is 600 cm³/mol. The quantitative estimate of drug-likeness (QED) is 0.0751. The third kappa shape index (κ3) is 22.6. The molecule has 0 unspecified atom stereocenters. The number of nitrogens with zero attached hydrogens (tertiary/aromatic N) is 7. The second kappa shape index (κ2) is 46.2. The molecule has 14 aromatic carbocycles. The van der Waals surface area contributed by atoms with Gasteiger partial charge in [0, 0.05) is 110 Å². The zero-order chi connectivity index (χ0) is 96.1. The summed E-state index contributed by atoms with van der Waals surface area (Å²) < 4.78 is 2.37. The van der Waals surface area contributed by atoms with Gasteiger partial charge in [-0.1, -0.05) is 393 Å². The first-order valence-electron chi connectivity index (χ1n) is 47.8. The fourth-order valence-electron chi connectivity index (χ4n) is 19.2. The van der Waals surface area contributed by atoms with Crippen LogP contribution >= 0.6 is 0 Å². The smallest absolute Gasteiger partial charge is 0.136 e. The van der Waals surface area contributed by atoms with Crippen molar-refractivity contribution < 1.29 is 60.3 Å². The first-order chi connectivity index (χ1) is 67.6. The molecule has 0 spiro atoms. The molecule has 15 heteroatoms. The van der Waals surface area contributed by atoms with E-state index in [4.69, 9.17) is 15.0 Å². The molecule has 0 atom stereocenters.